The third-order valence-electron chi connectivity index (χ3n) is 2.81. The fourth-order valence-corrected chi connectivity index (χ4v) is 2.06. The summed E-state index contributed by atoms with van der Waals surface area (Å²) in [6.45, 7) is 1.54. The molecule has 0 bridgehead atoms. The smallest absolute Gasteiger partial charge is 0.129 e. The molecule has 1 heterocycles. The van der Waals surface area contributed by atoms with Crippen LogP contribution in [0.3, 0.4) is 0 Å². The third-order valence-corrected chi connectivity index (χ3v) is 2.81. The van der Waals surface area contributed by atoms with Crippen molar-refractivity contribution in [1.29, 1.82) is 0 Å². The summed E-state index contributed by atoms with van der Waals surface area (Å²) >= 11 is 0. The molecule has 82 valence electrons. The maximum absolute atomic E-state index is 13.6. The van der Waals surface area contributed by atoms with Gasteiger partial charge in [0, 0.05) is 5.56 Å². The molecular formula is C12H16FNO. The van der Waals surface area contributed by atoms with Crippen molar-refractivity contribution in [2.24, 2.45) is 0 Å². The highest BCUT2D eigenvalue weighted by atomic mass is 19.1. The van der Waals surface area contributed by atoms with Gasteiger partial charge in [0.25, 0.3) is 0 Å². The number of rotatable bonds is 3. The number of nitrogens with one attached hydrogen (secondary N) is 1. The fraction of sp³-hybridized carbons (Fsp3) is 0.500. The molecule has 0 spiro atoms. The summed E-state index contributed by atoms with van der Waals surface area (Å²) in [6, 6.07) is 5.28. The van der Waals surface area contributed by atoms with E-state index in [9.17, 15) is 4.39 Å². The maximum atomic E-state index is 13.6. The standard InChI is InChI=1S/C12H16FNO/c1-14-7-5-11-12-9(6-8-15-11)3-2-4-10(12)13/h2-4,11,14H,5-8H2,1H3/t11-/m0/s1. The molecule has 2 rings (SSSR count). The minimum Gasteiger partial charge on any atom is -0.373 e. The van der Waals surface area contributed by atoms with Gasteiger partial charge in [-0.3, -0.25) is 0 Å². The second-order valence-corrected chi connectivity index (χ2v) is 3.81. The molecule has 1 N–H and O–H groups in total. The van der Waals surface area contributed by atoms with E-state index >= 15 is 0 Å². The molecule has 0 fully saturated rings. The summed E-state index contributed by atoms with van der Waals surface area (Å²) < 4.78 is 19.3. The van der Waals surface area contributed by atoms with Gasteiger partial charge in [0.05, 0.1) is 12.7 Å². The van der Waals surface area contributed by atoms with Crippen molar-refractivity contribution in [3.63, 3.8) is 0 Å². The van der Waals surface area contributed by atoms with E-state index in [1.165, 1.54) is 6.07 Å². The highest BCUT2D eigenvalue weighted by Crippen LogP contribution is 2.31. The van der Waals surface area contributed by atoms with Crippen LogP contribution in [0.25, 0.3) is 0 Å². The molecular weight excluding hydrogens is 193 g/mol. The zero-order valence-electron chi connectivity index (χ0n) is 8.92. The van der Waals surface area contributed by atoms with Gasteiger partial charge in [0.1, 0.15) is 5.82 Å². The van der Waals surface area contributed by atoms with Crippen LogP contribution in [-0.4, -0.2) is 20.2 Å². The van der Waals surface area contributed by atoms with Crippen LogP contribution in [0.4, 0.5) is 4.39 Å². The molecule has 15 heavy (non-hydrogen) atoms. The van der Waals surface area contributed by atoms with Gasteiger partial charge in [-0.15, -0.1) is 0 Å². The molecule has 0 amide bonds. The first kappa shape index (κ1) is 10.6. The van der Waals surface area contributed by atoms with Crippen molar-refractivity contribution in [3.8, 4) is 0 Å². The summed E-state index contributed by atoms with van der Waals surface area (Å²) in [7, 11) is 1.89. The van der Waals surface area contributed by atoms with Gasteiger partial charge in [-0.2, -0.15) is 0 Å². The van der Waals surface area contributed by atoms with Gasteiger partial charge in [-0.25, -0.2) is 4.39 Å². The zero-order chi connectivity index (χ0) is 10.7. The van der Waals surface area contributed by atoms with Crippen molar-refractivity contribution in [3.05, 3.63) is 35.1 Å². The first-order valence-electron chi connectivity index (χ1n) is 5.36. The van der Waals surface area contributed by atoms with Crippen LogP contribution in [-0.2, 0) is 11.2 Å². The number of fused-ring (bicyclic) bond motifs is 1. The highest BCUT2D eigenvalue weighted by Gasteiger charge is 2.23. The van der Waals surface area contributed by atoms with Crippen LogP contribution in [0.15, 0.2) is 18.2 Å². The van der Waals surface area contributed by atoms with Crippen molar-refractivity contribution >= 4 is 0 Å². The molecule has 1 aliphatic rings. The second kappa shape index (κ2) is 4.73. The van der Waals surface area contributed by atoms with Gasteiger partial charge in [-0.1, -0.05) is 12.1 Å². The van der Waals surface area contributed by atoms with Crippen molar-refractivity contribution in [2.45, 2.75) is 18.9 Å². The lowest BCUT2D eigenvalue weighted by atomic mass is 9.95. The summed E-state index contributed by atoms with van der Waals surface area (Å²) in [5, 5.41) is 3.06. The van der Waals surface area contributed by atoms with E-state index in [1.54, 1.807) is 6.07 Å². The molecule has 0 unspecified atom stereocenters. The topological polar surface area (TPSA) is 21.3 Å². The van der Waals surface area contributed by atoms with Gasteiger partial charge >= 0.3 is 0 Å². The molecule has 1 aromatic rings. The Bertz CT molecular complexity index is 340. The van der Waals surface area contributed by atoms with Gasteiger partial charge < -0.3 is 10.1 Å². The molecule has 1 aromatic carbocycles. The van der Waals surface area contributed by atoms with Crippen LogP contribution in [0.2, 0.25) is 0 Å². The first-order chi connectivity index (χ1) is 7.33. The summed E-state index contributed by atoms with van der Waals surface area (Å²) in [5.41, 5.74) is 1.86. The number of ether oxygens (including phenoxy) is 1. The Morgan fingerprint density at radius 1 is 1.53 bits per heavy atom. The normalized spacial score (nSPS) is 20.0. The zero-order valence-corrected chi connectivity index (χ0v) is 8.92. The largest absolute Gasteiger partial charge is 0.373 e. The minimum absolute atomic E-state index is 0.0811. The monoisotopic (exact) mass is 209 g/mol. The Hall–Kier alpha value is -0.930. The average Bonchev–Trinajstić information content (AvgIpc) is 2.26. The molecule has 0 aromatic heterocycles. The van der Waals surface area contributed by atoms with Crippen LogP contribution in [0, 0.1) is 5.82 Å². The predicted octanol–water partition coefficient (Wildman–Crippen LogP) is 2.05. The van der Waals surface area contributed by atoms with E-state index in [4.69, 9.17) is 4.74 Å². The predicted molar refractivity (Wildman–Crippen MR) is 57.3 cm³/mol. The Labute approximate surface area is 89.4 Å². The molecule has 0 saturated heterocycles. The van der Waals surface area contributed by atoms with Crippen LogP contribution < -0.4 is 5.32 Å². The quantitative estimate of drug-likeness (QED) is 0.822. The van der Waals surface area contributed by atoms with Gasteiger partial charge in [-0.05, 0) is 38.1 Å². The first-order valence-corrected chi connectivity index (χ1v) is 5.36. The van der Waals surface area contributed by atoms with Crippen LogP contribution in [0.5, 0.6) is 0 Å². The van der Waals surface area contributed by atoms with Crippen molar-refractivity contribution in [1.82, 2.24) is 5.32 Å². The van der Waals surface area contributed by atoms with E-state index in [-0.39, 0.29) is 11.9 Å². The molecule has 0 radical (unpaired) electrons. The Morgan fingerprint density at radius 2 is 2.40 bits per heavy atom. The fourth-order valence-electron chi connectivity index (χ4n) is 2.06. The Balaban J connectivity index is 2.24. The van der Waals surface area contributed by atoms with E-state index in [0.717, 1.165) is 30.5 Å². The second-order valence-electron chi connectivity index (χ2n) is 3.81. The minimum atomic E-state index is -0.131. The lowest BCUT2D eigenvalue weighted by molar-refractivity contribution is 0.0343. The van der Waals surface area contributed by atoms with E-state index < -0.39 is 0 Å². The van der Waals surface area contributed by atoms with E-state index in [2.05, 4.69) is 5.32 Å². The molecule has 1 atom stereocenters. The molecule has 0 saturated carbocycles. The molecule has 3 heteroatoms. The average molecular weight is 209 g/mol. The number of hydrogen-bond acceptors (Lipinski definition) is 2. The van der Waals surface area contributed by atoms with Crippen LogP contribution in [0.1, 0.15) is 23.7 Å². The van der Waals surface area contributed by atoms with E-state index in [1.807, 2.05) is 13.1 Å². The summed E-state index contributed by atoms with van der Waals surface area (Å²) in [5.74, 6) is -0.131. The van der Waals surface area contributed by atoms with Crippen molar-refractivity contribution < 1.29 is 9.13 Å². The number of halogens is 1. The van der Waals surface area contributed by atoms with E-state index in [0.29, 0.717) is 6.61 Å². The SMILES string of the molecule is CNCC[C@@H]1OCCc2cccc(F)c21. The van der Waals surface area contributed by atoms with Gasteiger partial charge in [0.15, 0.2) is 0 Å². The maximum Gasteiger partial charge on any atom is 0.129 e. The van der Waals surface area contributed by atoms with Crippen molar-refractivity contribution in [2.75, 3.05) is 20.2 Å². The molecule has 0 aliphatic carbocycles. The Morgan fingerprint density at radius 3 is 3.20 bits per heavy atom. The molecule has 1 aliphatic heterocycles. The third kappa shape index (κ3) is 2.19. The molecule has 2 nitrogen and oxygen atoms in total. The highest BCUT2D eigenvalue weighted by molar-refractivity contribution is 5.32. The van der Waals surface area contributed by atoms with Gasteiger partial charge in [0.2, 0.25) is 0 Å². The van der Waals surface area contributed by atoms with Crippen LogP contribution >= 0.6 is 0 Å². The number of hydrogen-bond donors (Lipinski definition) is 1. The lowest BCUT2D eigenvalue weighted by Crippen LogP contribution is -2.21. The lowest BCUT2D eigenvalue weighted by Gasteiger charge is -2.26. The summed E-state index contributed by atoms with van der Waals surface area (Å²) in [4.78, 5) is 0. The Kier molecular flexibility index (Phi) is 3.34. The number of benzene rings is 1. The summed E-state index contributed by atoms with van der Waals surface area (Å²) in [6.07, 6.45) is 1.57.